The maximum Gasteiger partial charge on any atom is 0.345 e. The Morgan fingerprint density at radius 1 is 1.64 bits per heavy atom. The largest absolute Gasteiger partial charge is 0.477 e. The maximum atomic E-state index is 11.2. The van der Waals surface area contributed by atoms with E-state index in [1.165, 1.54) is 0 Å². The predicted molar refractivity (Wildman–Crippen MR) is 53.5 cm³/mol. The molecule has 0 spiro atoms. The Morgan fingerprint density at radius 3 is 2.57 bits per heavy atom. The number of sulfonamides is 1. The molecule has 4 N–H and O–H groups in total. The number of halogens is 1. The molecule has 0 radical (unpaired) electrons. The summed E-state index contributed by atoms with van der Waals surface area (Å²) >= 11 is 3.75. The van der Waals surface area contributed by atoms with E-state index < -0.39 is 16.0 Å². The number of carboxylic acids is 1. The maximum absolute atomic E-state index is 11.2. The van der Waals surface area contributed by atoms with Crippen molar-refractivity contribution in [3.63, 3.8) is 0 Å². The molecule has 1 aromatic heterocycles. The summed E-state index contributed by atoms with van der Waals surface area (Å²) in [6.07, 6.45) is 0. The lowest BCUT2D eigenvalue weighted by Gasteiger charge is -1.97. The van der Waals surface area contributed by atoms with Gasteiger partial charge < -0.3 is 5.11 Å². The summed E-state index contributed by atoms with van der Waals surface area (Å²) in [5, 5.41) is 8.60. The molecule has 6 nitrogen and oxygen atoms in total. The molecule has 78 valence electrons. The molecule has 1 rings (SSSR count). The van der Waals surface area contributed by atoms with Gasteiger partial charge in [-0.2, -0.15) is 0 Å². The zero-order valence-electron chi connectivity index (χ0n) is 6.52. The molecule has 0 saturated carbocycles. The van der Waals surface area contributed by atoms with Crippen LogP contribution in [-0.2, 0) is 10.0 Å². The second-order valence-corrected chi connectivity index (χ2v) is 6.23. The van der Waals surface area contributed by atoms with Crippen molar-refractivity contribution in [3.8, 4) is 0 Å². The minimum Gasteiger partial charge on any atom is -0.477 e. The second kappa shape index (κ2) is 3.95. The van der Waals surface area contributed by atoms with E-state index in [4.69, 9.17) is 10.9 Å². The van der Waals surface area contributed by atoms with Crippen LogP contribution >= 0.6 is 27.3 Å². The van der Waals surface area contributed by atoms with E-state index in [9.17, 15) is 13.2 Å². The molecule has 1 heterocycles. The quantitative estimate of drug-likeness (QED) is 0.551. The third kappa shape index (κ3) is 2.12. The van der Waals surface area contributed by atoms with Gasteiger partial charge in [0.05, 0.1) is 3.79 Å². The Labute approximate surface area is 91.9 Å². The molecule has 1 aromatic rings. The van der Waals surface area contributed by atoms with E-state index in [-0.39, 0.29) is 13.6 Å². The molecule has 0 aromatic carbocycles. The van der Waals surface area contributed by atoms with Gasteiger partial charge in [0.2, 0.25) is 0 Å². The number of rotatable bonds is 3. The number of thiophene rings is 1. The summed E-state index contributed by atoms with van der Waals surface area (Å²) < 4.78 is 22.6. The van der Waals surface area contributed by atoms with Crippen LogP contribution in [-0.4, -0.2) is 19.5 Å². The number of hydrazine groups is 1. The van der Waals surface area contributed by atoms with E-state index in [1.54, 1.807) is 4.83 Å². The first-order valence-corrected chi connectivity index (χ1v) is 6.23. The van der Waals surface area contributed by atoms with Crippen LogP contribution in [0.4, 0.5) is 0 Å². The van der Waals surface area contributed by atoms with Crippen LogP contribution in [0.2, 0.25) is 0 Å². The molecule has 14 heavy (non-hydrogen) atoms. The highest BCUT2D eigenvalue weighted by Crippen LogP contribution is 2.31. The van der Waals surface area contributed by atoms with Gasteiger partial charge in [0.25, 0.3) is 10.0 Å². The van der Waals surface area contributed by atoms with Crippen LogP contribution in [0.3, 0.4) is 0 Å². The van der Waals surface area contributed by atoms with Gasteiger partial charge in [-0.05, 0) is 22.0 Å². The van der Waals surface area contributed by atoms with Gasteiger partial charge in [0.15, 0.2) is 0 Å². The zero-order valence-corrected chi connectivity index (χ0v) is 9.74. The third-order valence-corrected chi connectivity index (χ3v) is 4.74. The molecule has 0 atom stereocenters. The molecule has 0 fully saturated rings. The van der Waals surface area contributed by atoms with Gasteiger partial charge in [-0.3, -0.25) is 5.84 Å². The lowest BCUT2D eigenvalue weighted by Crippen LogP contribution is -2.30. The summed E-state index contributed by atoms with van der Waals surface area (Å²) in [5.74, 6) is 3.61. The number of nitrogens with two attached hydrogens (primary N) is 1. The number of carbonyl (C=O) groups is 1. The van der Waals surface area contributed by atoms with Gasteiger partial charge in [-0.1, -0.05) is 0 Å². The predicted octanol–water partition coefficient (Wildman–Crippen LogP) is 0.361. The minimum absolute atomic E-state index is 0.0781. The lowest BCUT2D eigenvalue weighted by molar-refractivity contribution is 0.0702. The second-order valence-electron chi connectivity index (χ2n) is 2.18. The molecule has 0 aliphatic rings. The SMILES string of the molecule is NNS(=O)(=O)c1cc(C(=O)O)sc1Br. The van der Waals surface area contributed by atoms with Crippen molar-refractivity contribution in [2.75, 3.05) is 0 Å². The summed E-state index contributed by atoms with van der Waals surface area (Å²) in [6.45, 7) is 0. The van der Waals surface area contributed by atoms with Gasteiger partial charge in [-0.15, -0.1) is 16.2 Å². The number of nitrogens with one attached hydrogen (secondary N) is 1. The normalized spacial score (nSPS) is 11.6. The lowest BCUT2D eigenvalue weighted by atomic mass is 10.5. The minimum atomic E-state index is -3.81. The van der Waals surface area contributed by atoms with Crippen LogP contribution in [0.25, 0.3) is 0 Å². The first kappa shape index (κ1) is 11.6. The van der Waals surface area contributed by atoms with Crippen LogP contribution in [0, 0.1) is 0 Å². The highest BCUT2D eigenvalue weighted by atomic mass is 79.9. The van der Waals surface area contributed by atoms with Crippen molar-refractivity contribution in [1.29, 1.82) is 0 Å². The number of aromatic carboxylic acids is 1. The Balaban J connectivity index is 3.31. The van der Waals surface area contributed by atoms with Crippen molar-refractivity contribution in [2.45, 2.75) is 4.90 Å². The summed E-state index contributed by atoms with van der Waals surface area (Å²) in [5.41, 5.74) is 0. The summed E-state index contributed by atoms with van der Waals surface area (Å²) in [6, 6.07) is 1.03. The van der Waals surface area contributed by atoms with Crippen LogP contribution in [0.15, 0.2) is 14.7 Å². The topological polar surface area (TPSA) is 109 Å². The molecule has 0 unspecified atom stereocenters. The van der Waals surface area contributed by atoms with Gasteiger partial charge in [0.1, 0.15) is 9.77 Å². The first-order valence-electron chi connectivity index (χ1n) is 3.13. The standard InChI is InChI=1S/C5H5BrN2O4S2/c6-4-3(14(11,12)8-7)1-2(13-4)5(9)10/h1,8H,7H2,(H,9,10). The highest BCUT2D eigenvalue weighted by molar-refractivity contribution is 9.11. The van der Waals surface area contributed by atoms with Crippen molar-refractivity contribution in [3.05, 3.63) is 14.7 Å². The molecule has 0 amide bonds. The molecular weight excluding hydrogens is 296 g/mol. The monoisotopic (exact) mass is 300 g/mol. The van der Waals surface area contributed by atoms with Gasteiger partial charge >= 0.3 is 5.97 Å². The number of hydrogen-bond donors (Lipinski definition) is 3. The average Bonchev–Trinajstić information content (AvgIpc) is 2.48. The first-order chi connectivity index (χ1) is 6.38. The van der Waals surface area contributed by atoms with E-state index in [0.717, 1.165) is 17.4 Å². The Bertz CT molecular complexity index is 466. The van der Waals surface area contributed by atoms with Gasteiger partial charge in [0, 0.05) is 0 Å². The van der Waals surface area contributed by atoms with E-state index >= 15 is 0 Å². The van der Waals surface area contributed by atoms with E-state index in [0.29, 0.717) is 0 Å². The van der Waals surface area contributed by atoms with Crippen LogP contribution < -0.4 is 10.7 Å². The van der Waals surface area contributed by atoms with E-state index in [2.05, 4.69) is 15.9 Å². The smallest absolute Gasteiger partial charge is 0.345 e. The molecule has 0 saturated heterocycles. The molecule has 0 aliphatic heterocycles. The number of carboxylic acid groups (broad SMARTS) is 1. The Morgan fingerprint density at radius 2 is 2.21 bits per heavy atom. The molecule has 9 heteroatoms. The highest BCUT2D eigenvalue weighted by Gasteiger charge is 2.21. The zero-order chi connectivity index (χ0) is 10.9. The van der Waals surface area contributed by atoms with Crippen LogP contribution in [0.5, 0.6) is 0 Å². The van der Waals surface area contributed by atoms with Crippen molar-refractivity contribution < 1.29 is 18.3 Å². The van der Waals surface area contributed by atoms with E-state index in [1.807, 2.05) is 0 Å². The fourth-order valence-corrected chi connectivity index (χ4v) is 3.74. The number of hydrogen-bond acceptors (Lipinski definition) is 5. The average molecular weight is 301 g/mol. The molecule has 0 aliphatic carbocycles. The van der Waals surface area contributed by atoms with Crippen LogP contribution in [0.1, 0.15) is 9.67 Å². The summed E-state index contributed by atoms with van der Waals surface area (Å²) in [4.78, 5) is 11.9. The Kier molecular flexibility index (Phi) is 3.27. The van der Waals surface area contributed by atoms with Crippen molar-refractivity contribution in [2.24, 2.45) is 5.84 Å². The molecular formula is C5H5BrN2O4S2. The summed E-state index contributed by atoms with van der Waals surface area (Å²) in [7, 11) is -3.81. The van der Waals surface area contributed by atoms with Crippen molar-refractivity contribution in [1.82, 2.24) is 4.83 Å². The third-order valence-electron chi connectivity index (χ3n) is 1.31. The fraction of sp³-hybridized carbons (Fsp3) is 0. The van der Waals surface area contributed by atoms with Gasteiger partial charge in [-0.25, -0.2) is 13.2 Å². The fourth-order valence-electron chi connectivity index (χ4n) is 0.704. The Hall–Kier alpha value is -0.480. The molecule has 0 bridgehead atoms. The van der Waals surface area contributed by atoms with Crippen molar-refractivity contribution >= 4 is 43.3 Å².